The molecule has 0 radical (unpaired) electrons. The summed E-state index contributed by atoms with van der Waals surface area (Å²) in [5.41, 5.74) is -0.292. The fourth-order valence-corrected chi connectivity index (χ4v) is 1.03. The van der Waals surface area contributed by atoms with Gasteiger partial charge >= 0.3 is 0 Å². The van der Waals surface area contributed by atoms with Gasteiger partial charge in [-0.1, -0.05) is 48.8 Å². The van der Waals surface area contributed by atoms with Crippen LogP contribution in [-0.2, 0) is 5.60 Å². The van der Waals surface area contributed by atoms with Crippen LogP contribution in [0, 0.1) is 11.8 Å². The topological polar surface area (TPSA) is 20.2 Å². The van der Waals surface area contributed by atoms with E-state index < -0.39 is 5.60 Å². The molecule has 66 valence electrons. The lowest BCUT2D eigenvalue weighted by Gasteiger charge is -2.16. The zero-order valence-electron chi connectivity index (χ0n) is 7.62. The maximum Gasteiger partial charge on any atom is 0.148 e. The van der Waals surface area contributed by atoms with Crippen LogP contribution in [0.5, 0.6) is 0 Å². The van der Waals surface area contributed by atoms with Crippen molar-refractivity contribution in [2.75, 3.05) is 0 Å². The zero-order chi connectivity index (χ0) is 9.73. The summed E-state index contributed by atoms with van der Waals surface area (Å²) in [4.78, 5) is 0. The fraction of sp³-hybridized carbons (Fsp3) is 0.167. The second-order valence-electron chi connectivity index (χ2n) is 2.91. The Hall–Kier alpha value is -1.52. The van der Waals surface area contributed by atoms with Crippen LogP contribution in [0.1, 0.15) is 12.5 Å². The Kier molecular flexibility index (Phi) is 2.89. The number of benzene rings is 1. The van der Waals surface area contributed by atoms with Crippen molar-refractivity contribution in [1.29, 1.82) is 0 Å². The molecule has 0 aliphatic rings. The van der Waals surface area contributed by atoms with E-state index in [0.717, 1.165) is 5.56 Å². The highest BCUT2D eigenvalue weighted by Gasteiger charge is 2.18. The molecule has 1 atom stereocenters. The van der Waals surface area contributed by atoms with Gasteiger partial charge < -0.3 is 5.11 Å². The van der Waals surface area contributed by atoms with Crippen molar-refractivity contribution in [2.24, 2.45) is 0 Å². The number of aliphatic hydroxyl groups is 1. The van der Waals surface area contributed by atoms with Gasteiger partial charge in [-0.2, -0.15) is 0 Å². The van der Waals surface area contributed by atoms with Crippen molar-refractivity contribution >= 4 is 0 Å². The number of allylic oxidation sites excluding steroid dienone is 1. The van der Waals surface area contributed by atoms with Crippen LogP contribution in [0.2, 0.25) is 0 Å². The van der Waals surface area contributed by atoms with Gasteiger partial charge in [0.25, 0.3) is 0 Å². The molecule has 1 rings (SSSR count). The van der Waals surface area contributed by atoms with Crippen LogP contribution >= 0.6 is 0 Å². The molecular weight excluding hydrogens is 160 g/mol. The van der Waals surface area contributed by atoms with Crippen molar-refractivity contribution in [3.63, 3.8) is 0 Å². The summed E-state index contributed by atoms with van der Waals surface area (Å²) in [6.45, 7) is 5.14. The molecule has 0 aliphatic carbocycles. The largest absolute Gasteiger partial charge is 0.374 e. The minimum Gasteiger partial charge on any atom is -0.374 e. The third-order valence-corrected chi connectivity index (χ3v) is 1.75. The van der Waals surface area contributed by atoms with E-state index in [1.807, 2.05) is 30.3 Å². The lowest BCUT2D eigenvalue weighted by atomic mass is 9.97. The molecule has 0 saturated carbocycles. The van der Waals surface area contributed by atoms with Crippen molar-refractivity contribution in [2.45, 2.75) is 12.5 Å². The van der Waals surface area contributed by atoms with Crippen molar-refractivity contribution in [1.82, 2.24) is 0 Å². The summed E-state index contributed by atoms with van der Waals surface area (Å²) in [6, 6.07) is 9.34. The summed E-state index contributed by atoms with van der Waals surface area (Å²) >= 11 is 0. The lowest BCUT2D eigenvalue weighted by Crippen LogP contribution is -2.17. The minimum atomic E-state index is -1.09. The van der Waals surface area contributed by atoms with Crippen LogP contribution in [0.3, 0.4) is 0 Å². The van der Waals surface area contributed by atoms with Gasteiger partial charge in [-0.15, -0.1) is 0 Å². The second-order valence-corrected chi connectivity index (χ2v) is 2.91. The van der Waals surface area contributed by atoms with E-state index in [0.29, 0.717) is 0 Å². The third kappa shape index (κ3) is 2.47. The second kappa shape index (κ2) is 3.93. The van der Waals surface area contributed by atoms with E-state index in [1.165, 1.54) is 6.08 Å². The summed E-state index contributed by atoms with van der Waals surface area (Å²) in [6.07, 6.45) is 1.47. The molecule has 0 aromatic heterocycles. The van der Waals surface area contributed by atoms with Crippen LogP contribution in [0.25, 0.3) is 0 Å². The number of hydrogen-bond donors (Lipinski definition) is 1. The summed E-state index contributed by atoms with van der Waals surface area (Å²) < 4.78 is 0. The van der Waals surface area contributed by atoms with Crippen LogP contribution < -0.4 is 0 Å². The van der Waals surface area contributed by atoms with E-state index in [4.69, 9.17) is 0 Å². The van der Waals surface area contributed by atoms with Gasteiger partial charge in [0.2, 0.25) is 0 Å². The molecule has 0 fully saturated rings. The van der Waals surface area contributed by atoms with Gasteiger partial charge in [-0.05, 0) is 18.6 Å². The Morgan fingerprint density at radius 3 is 2.54 bits per heavy atom. The predicted molar refractivity (Wildman–Crippen MR) is 54.0 cm³/mol. The molecule has 0 amide bonds. The van der Waals surface area contributed by atoms with Crippen LogP contribution in [0.4, 0.5) is 0 Å². The first kappa shape index (κ1) is 9.57. The molecule has 0 saturated heterocycles. The Morgan fingerprint density at radius 1 is 1.38 bits per heavy atom. The molecule has 0 spiro atoms. The van der Waals surface area contributed by atoms with Crippen molar-refractivity contribution in [3.8, 4) is 11.8 Å². The first-order valence-corrected chi connectivity index (χ1v) is 4.08. The fourth-order valence-electron chi connectivity index (χ4n) is 1.03. The van der Waals surface area contributed by atoms with E-state index in [2.05, 4.69) is 18.4 Å². The molecule has 1 heteroatoms. The molecule has 1 nitrogen and oxygen atoms in total. The SMILES string of the molecule is C=CC#CC(C)(O)c1ccccc1. The molecule has 1 aromatic rings. The van der Waals surface area contributed by atoms with Gasteiger partial charge in [0.05, 0.1) is 0 Å². The summed E-state index contributed by atoms with van der Waals surface area (Å²) in [5, 5.41) is 9.90. The highest BCUT2D eigenvalue weighted by Crippen LogP contribution is 2.18. The van der Waals surface area contributed by atoms with Gasteiger partial charge in [-0.25, -0.2) is 0 Å². The third-order valence-electron chi connectivity index (χ3n) is 1.75. The first-order valence-electron chi connectivity index (χ1n) is 4.08. The molecule has 1 N–H and O–H groups in total. The van der Waals surface area contributed by atoms with Gasteiger partial charge in [0.15, 0.2) is 0 Å². The van der Waals surface area contributed by atoms with Gasteiger partial charge in [0.1, 0.15) is 5.60 Å². The van der Waals surface area contributed by atoms with Gasteiger partial charge in [0, 0.05) is 0 Å². The maximum absolute atomic E-state index is 9.90. The Morgan fingerprint density at radius 2 is 2.00 bits per heavy atom. The maximum atomic E-state index is 9.90. The van der Waals surface area contributed by atoms with E-state index in [1.54, 1.807) is 6.92 Å². The van der Waals surface area contributed by atoms with Crippen molar-refractivity contribution < 1.29 is 5.11 Å². The molecular formula is C12H12O. The van der Waals surface area contributed by atoms with Crippen LogP contribution in [0.15, 0.2) is 43.0 Å². The zero-order valence-corrected chi connectivity index (χ0v) is 7.62. The highest BCUT2D eigenvalue weighted by atomic mass is 16.3. The number of hydrogen-bond acceptors (Lipinski definition) is 1. The van der Waals surface area contributed by atoms with Crippen LogP contribution in [-0.4, -0.2) is 5.11 Å². The predicted octanol–water partition coefficient (Wildman–Crippen LogP) is 2.08. The van der Waals surface area contributed by atoms with Crippen molar-refractivity contribution in [3.05, 3.63) is 48.6 Å². The molecule has 0 bridgehead atoms. The molecule has 0 aliphatic heterocycles. The Labute approximate surface area is 78.7 Å². The standard InChI is InChI=1S/C12H12O/c1-3-4-10-12(2,13)11-8-6-5-7-9-11/h3,5-9,13H,1H2,2H3. The summed E-state index contributed by atoms with van der Waals surface area (Å²) in [7, 11) is 0. The van der Waals surface area contributed by atoms with E-state index >= 15 is 0 Å². The first-order chi connectivity index (χ1) is 6.17. The highest BCUT2D eigenvalue weighted by molar-refractivity contribution is 5.32. The Bertz CT molecular complexity index is 338. The lowest BCUT2D eigenvalue weighted by molar-refractivity contribution is 0.122. The average Bonchev–Trinajstić information content (AvgIpc) is 2.16. The molecule has 13 heavy (non-hydrogen) atoms. The molecule has 1 aromatic carbocycles. The monoisotopic (exact) mass is 172 g/mol. The van der Waals surface area contributed by atoms with E-state index in [9.17, 15) is 5.11 Å². The average molecular weight is 172 g/mol. The smallest absolute Gasteiger partial charge is 0.148 e. The van der Waals surface area contributed by atoms with Gasteiger partial charge in [-0.3, -0.25) is 0 Å². The Balaban J connectivity index is 3.00. The number of rotatable bonds is 1. The van der Waals surface area contributed by atoms with E-state index in [-0.39, 0.29) is 0 Å². The molecule has 1 unspecified atom stereocenters. The normalized spacial score (nSPS) is 13.7. The molecule has 0 heterocycles. The summed E-state index contributed by atoms with van der Waals surface area (Å²) in [5.74, 6) is 5.36. The minimum absolute atomic E-state index is 0.796. The quantitative estimate of drug-likeness (QED) is 0.643.